The van der Waals surface area contributed by atoms with Crippen LogP contribution < -0.4 is 0 Å². The first-order valence-electron chi connectivity index (χ1n) is 8.75. The van der Waals surface area contributed by atoms with E-state index in [2.05, 4.69) is 25.0 Å². The molecule has 0 aliphatic carbocycles. The third-order valence-electron chi connectivity index (χ3n) is 4.34. The van der Waals surface area contributed by atoms with Crippen LogP contribution in [0.25, 0.3) is 39.8 Å². The maximum Gasteiger partial charge on any atom is 0.251 e. The molecule has 29 heavy (non-hydrogen) atoms. The van der Waals surface area contributed by atoms with Crippen LogP contribution >= 0.6 is 0 Å². The number of hydrogen-bond donors (Lipinski definition) is 0. The van der Waals surface area contributed by atoms with Gasteiger partial charge in [-0.15, -0.1) is 0 Å². The monoisotopic (exact) mass is 386 g/mol. The smallest absolute Gasteiger partial charge is 0.251 e. The lowest BCUT2D eigenvalue weighted by Crippen LogP contribution is -2.02. The topological polar surface area (TPSA) is 68.9 Å². The second-order valence-corrected chi connectivity index (χ2v) is 6.23. The number of halogens is 2. The molecule has 0 spiro atoms. The molecule has 0 aliphatic rings. The van der Waals surface area contributed by atoms with E-state index < -0.39 is 11.6 Å². The maximum atomic E-state index is 14.2. The predicted molar refractivity (Wildman–Crippen MR) is 103 cm³/mol. The van der Waals surface area contributed by atoms with Crippen molar-refractivity contribution in [2.45, 2.75) is 0 Å². The molecule has 0 N–H and O–H groups in total. The summed E-state index contributed by atoms with van der Waals surface area (Å²) < 4.78 is 28.9. The van der Waals surface area contributed by atoms with Gasteiger partial charge in [0.05, 0.1) is 23.3 Å². The quantitative estimate of drug-likeness (QED) is 0.465. The number of fused-ring (bicyclic) bond motifs is 1. The van der Waals surface area contributed by atoms with E-state index in [-0.39, 0.29) is 11.3 Å². The van der Waals surface area contributed by atoms with Gasteiger partial charge >= 0.3 is 0 Å². The molecule has 0 fully saturated rings. The normalized spacial score (nSPS) is 11.1. The fourth-order valence-electron chi connectivity index (χ4n) is 3.00. The Kier molecular flexibility index (Phi) is 4.02. The van der Waals surface area contributed by atoms with Crippen LogP contribution in [-0.2, 0) is 0 Å². The highest BCUT2D eigenvalue weighted by atomic mass is 19.1. The summed E-state index contributed by atoms with van der Waals surface area (Å²) >= 11 is 0. The fourth-order valence-corrected chi connectivity index (χ4v) is 3.00. The second kappa shape index (κ2) is 6.83. The van der Waals surface area contributed by atoms with Gasteiger partial charge in [0.1, 0.15) is 23.0 Å². The first-order chi connectivity index (χ1) is 14.2. The Morgan fingerprint density at radius 1 is 0.724 bits per heavy atom. The molecule has 0 amide bonds. The van der Waals surface area contributed by atoms with Crippen LogP contribution in [-0.4, -0.2) is 29.5 Å². The number of pyridine rings is 2. The lowest BCUT2D eigenvalue weighted by atomic mass is 10.1. The van der Waals surface area contributed by atoms with Gasteiger partial charge in [0.25, 0.3) is 5.78 Å². The molecule has 0 bridgehead atoms. The molecule has 8 heteroatoms. The van der Waals surface area contributed by atoms with E-state index in [0.717, 1.165) is 6.07 Å². The van der Waals surface area contributed by atoms with Crippen molar-refractivity contribution >= 4 is 5.78 Å². The largest absolute Gasteiger partial charge is 0.255 e. The average molecular weight is 386 g/mol. The first-order valence-corrected chi connectivity index (χ1v) is 8.75. The van der Waals surface area contributed by atoms with Crippen molar-refractivity contribution in [1.82, 2.24) is 29.5 Å². The van der Waals surface area contributed by atoms with E-state index in [4.69, 9.17) is 0 Å². The van der Waals surface area contributed by atoms with Gasteiger partial charge < -0.3 is 0 Å². The summed E-state index contributed by atoms with van der Waals surface area (Å²) in [6.45, 7) is 0. The first kappa shape index (κ1) is 17.1. The minimum atomic E-state index is -0.705. The van der Waals surface area contributed by atoms with Gasteiger partial charge in [-0.2, -0.15) is 5.10 Å². The summed E-state index contributed by atoms with van der Waals surface area (Å²) in [5.74, 6) is -1.09. The summed E-state index contributed by atoms with van der Waals surface area (Å²) in [7, 11) is 0. The van der Waals surface area contributed by atoms with Gasteiger partial charge in [0.2, 0.25) is 0 Å². The standard InChI is InChI=1S/C21H12F2N6/c22-13-7-8-14(15(23)11-13)18-12-29-21(26-18)27-19(16-5-1-3-9-24-16)20(28-29)17-6-2-4-10-25-17/h1-12H. The Bertz CT molecular complexity index is 1240. The minimum Gasteiger partial charge on any atom is -0.255 e. The lowest BCUT2D eigenvalue weighted by molar-refractivity contribution is 0.585. The third kappa shape index (κ3) is 3.10. The van der Waals surface area contributed by atoms with Crippen LogP contribution in [0.4, 0.5) is 8.78 Å². The number of hydrogen-bond acceptors (Lipinski definition) is 5. The van der Waals surface area contributed by atoms with E-state index in [1.54, 1.807) is 24.7 Å². The molecule has 0 unspecified atom stereocenters. The van der Waals surface area contributed by atoms with Crippen molar-refractivity contribution in [3.63, 3.8) is 0 Å². The van der Waals surface area contributed by atoms with E-state index in [0.29, 0.717) is 28.5 Å². The summed E-state index contributed by atoms with van der Waals surface area (Å²) in [5.41, 5.74) is 2.71. The molecule has 140 valence electrons. The van der Waals surface area contributed by atoms with Crippen molar-refractivity contribution in [2.75, 3.05) is 0 Å². The highest BCUT2D eigenvalue weighted by Crippen LogP contribution is 2.28. The minimum absolute atomic E-state index is 0.164. The van der Waals surface area contributed by atoms with Crippen molar-refractivity contribution in [2.24, 2.45) is 0 Å². The second-order valence-electron chi connectivity index (χ2n) is 6.23. The van der Waals surface area contributed by atoms with Crippen molar-refractivity contribution in [3.05, 3.63) is 84.8 Å². The van der Waals surface area contributed by atoms with Crippen LogP contribution in [0, 0.1) is 11.6 Å². The molecule has 1 aromatic carbocycles. The van der Waals surface area contributed by atoms with E-state index in [9.17, 15) is 8.78 Å². The molecule has 0 saturated heterocycles. The summed E-state index contributed by atoms with van der Waals surface area (Å²) in [5, 5.41) is 4.61. The molecule has 0 aliphatic heterocycles. The molecular weight excluding hydrogens is 374 g/mol. The zero-order valence-electron chi connectivity index (χ0n) is 14.9. The molecular formula is C21H12F2N6. The number of aromatic nitrogens is 6. The number of nitrogens with zero attached hydrogens (tertiary/aromatic N) is 6. The highest BCUT2D eigenvalue weighted by molar-refractivity contribution is 5.75. The summed E-state index contributed by atoms with van der Waals surface area (Å²) in [4.78, 5) is 17.7. The number of imidazole rings is 1. The number of benzene rings is 1. The molecule has 5 rings (SSSR count). The van der Waals surface area contributed by atoms with Gasteiger partial charge in [-0.25, -0.2) is 23.3 Å². The van der Waals surface area contributed by atoms with Crippen LogP contribution in [0.1, 0.15) is 0 Å². The Labute approximate surface area is 163 Å². The molecule has 4 aromatic heterocycles. The lowest BCUT2D eigenvalue weighted by Gasteiger charge is -2.07. The van der Waals surface area contributed by atoms with Gasteiger partial charge in [-0.05, 0) is 36.4 Å². The zero-order chi connectivity index (χ0) is 19.8. The molecule has 5 aromatic rings. The van der Waals surface area contributed by atoms with Crippen LogP contribution in [0.5, 0.6) is 0 Å². The predicted octanol–water partition coefficient (Wildman–Crippen LogP) is 4.19. The average Bonchev–Trinajstić information content (AvgIpc) is 3.17. The summed E-state index contributed by atoms with van der Waals surface area (Å²) in [6.07, 6.45) is 4.87. The Hall–Kier alpha value is -4.07. The molecule has 6 nitrogen and oxygen atoms in total. The number of rotatable bonds is 3. The van der Waals surface area contributed by atoms with Crippen LogP contribution in [0.2, 0.25) is 0 Å². The Morgan fingerprint density at radius 2 is 1.45 bits per heavy atom. The SMILES string of the molecule is Fc1ccc(-c2cn3nc(-c4ccccn4)c(-c4ccccn4)nc3n2)c(F)c1. The van der Waals surface area contributed by atoms with E-state index >= 15 is 0 Å². The molecule has 4 heterocycles. The third-order valence-corrected chi connectivity index (χ3v) is 4.34. The van der Waals surface area contributed by atoms with Gasteiger partial charge in [0.15, 0.2) is 0 Å². The van der Waals surface area contributed by atoms with Gasteiger partial charge in [-0.3, -0.25) is 9.97 Å². The van der Waals surface area contributed by atoms with Gasteiger partial charge in [-0.1, -0.05) is 12.1 Å². The van der Waals surface area contributed by atoms with Crippen LogP contribution in [0.3, 0.4) is 0 Å². The molecule has 0 atom stereocenters. The maximum absolute atomic E-state index is 14.2. The Balaban J connectivity index is 1.74. The van der Waals surface area contributed by atoms with E-state index in [1.165, 1.54) is 16.6 Å². The Morgan fingerprint density at radius 3 is 2.10 bits per heavy atom. The van der Waals surface area contributed by atoms with Crippen LogP contribution in [0.15, 0.2) is 73.2 Å². The molecule has 0 radical (unpaired) electrons. The zero-order valence-corrected chi connectivity index (χ0v) is 14.9. The van der Waals surface area contributed by atoms with Crippen molar-refractivity contribution in [1.29, 1.82) is 0 Å². The van der Waals surface area contributed by atoms with E-state index in [1.807, 2.05) is 30.3 Å². The summed E-state index contributed by atoms with van der Waals surface area (Å²) in [6, 6.07) is 14.3. The highest BCUT2D eigenvalue weighted by Gasteiger charge is 2.18. The van der Waals surface area contributed by atoms with Gasteiger partial charge in [0, 0.05) is 24.0 Å². The molecule has 0 saturated carbocycles. The fraction of sp³-hybridized carbons (Fsp3) is 0. The van der Waals surface area contributed by atoms with Crippen molar-refractivity contribution in [3.8, 4) is 34.0 Å². The van der Waals surface area contributed by atoms with Crippen molar-refractivity contribution < 1.29 is 8.78 Å².